The fourth-order valence-corrected chi connectivity index (χ4v) is 4.80. The first-order valence-corrected chi connectivity index (χ1v) is 10.2. The van der Waals surface area contributed by atoms with Crippen molar-refractivity contribution in [3.8, 4) is 11.5 Å². The van der Waals surface area contributed by atoms with Crippen LogP contribution in [-0.2, 0) is 4.79 Å². The van der Waals surface area contributed by atoms with Crippen molar-refractivity contribution in [2.45, 2.75) is 57.5 Å². The largest absolute Gasteiger partial charge is 0.486 e. The molecule has 0 spiro atoms. The van der Waals surface area contributed by atoms with Crippen LogP contribution in [0.4, 0.5) is 0 Å². The van der Waals surface area contributed by atoms with Gasteiger partial charge in [-0.1, -0.05) is 19.8 Å². The number of amides is 1. The lowest BCUT2D eigenvalue weighted by Crippen LogP contribution is -3.11. The maximum atomic E-state index is 12.6. The number of ether oxygens (including phenoxy) is 2. The molecular weight excluding hydrogens is 328 g/mol. The molecule has 2 heterocycles. The van der Waals surface area contributed by atoms with Gasteiger partial charge >= 0.3 is 0 Å². The summed E-state index contributed by atoms with van der Waals surface area (Å²) in [5.74, 6) is 2.50. The zero-order valence-electron chi connectivity index (χ0n) is 15.8. The fraction of sp³-hybridized carbons (Fsp3) is 0.667. The highest BCUT2D eigenvalue weighted by Crippen LogP contribution is 2.33. The molecule has 5 heteroatoms. The van der Waals surface area contributed by atoms with Gasteiger partial charge in [-0.15, -0.1) is 0 Å². The molecule has 2 N–H and O–H groups in total. The van der Waals surface area contributed by atoms with Gasteiger partial charge < -0.3 is 19.7 Å². The number of nitrogens with one attached hydrogen (secondary N) is 2. The van der Waals surface area contributed by atoms with Crippen molar-refractivity contribution >= 4 is 5.91 Å². The molecule has 4 rings (SSSR count). The van der Waals surface area contributed by atoms with E-state index in [9.17, 15) is 4.79 Å². The van der Waals surface area contributed by atoms with Crippen LogP contribution in [0.15, 0.2) is 18.2 Å². The van der Waals surface area contributed by atoms with Crippen LogP contribution in [0, 0.1) is 5.92 Å². The summed E-state index contributed by atoms with van der Waals surface area (Å²) < 4.78 is 11.4. The summed E-state index contributed by atoms with van der Waals surface area (Å²) >= 11 is 0. The third kappa shape index (κ3) is 3.83. The van der Waals surface area contributed by atoms with Gasteiger partial charge in [0.25, 0.3) is 5.91 Å². The van der Waals surface area contributed by atoms with E-state index < -0.39 is 0 Å². The van der Waals surface area contributed by atoms with E-state index in [0.29, 0.717) is 37.8 Å². The number of carbonyl (C=O) groups is 1. The molecule has 2 fully saturated rings. The van der Waals surface area contributed by atoms with Gasteiger partial charge in [-0.2, -0.15) is 0 Å². The highest BCUT2D eigenvalue weighted by molar-refractivity contribution is 5.77. The summed E-state index contributed by atoms with van der Waals surface area (Å²) in [6.45, 7) is 5.13. The second-order valence-corrected chi connectivity index (χ2v) is 8.12. The van der Waals surface area contributed by atoms with E-state index in [-0.39, 0.29) is 5.91 Å². The Hall–Kier alpha value is -1.75. The van der Waals surface area contributed by atoms with Crippen molar-refractivity contribution in [1.29, 1.82) is 0 Å². The Labute approximate surface area is 156 Å². The molecule has 1 aromatic carbocycles. The van der Waals surface area contributed by atoms with E-state index in [4.69, 9.17) is 9.47 Å². The predicted molar refractivity (Wildman–Crippen MR) is 99.7 cm³/mol. The molecule has 1 amide bonds. The van der Waals surface area contributed by atoms with E-state index >= 15 is 0 Å². The van der Waals surface area contributed by atoms with Crippen molar-refractivity contribution < 1.29 is 19.2 Å². The first kappa shape index (κ1) is 17.7. The Balaban J connectivity index is 1.39. The molecule has 0 radical (unpaired) electrons. The van der Waals surface area contributed by atoms with Crippen molar-refractivity contribution in [2.75, 3.05) is 26.3 Å². The van der Waals surface area contributed by atoms with E-state index in [1.807, 2.05) is 6.07 Å². The van der Waals surface area contributed by atoms with Crippen LogP contribution in [0.25, 0.3) is 0 Å². The van der Waals surface area contributed by atoms with Crippen LogP contribution < -0.4 is 19.7 Å². The monoisotopic (exact) mass is 359 g/mol. The second-order valence-electron chi connectivity index (χ2n) is 8.12. The lowest BCUT2D eigenvalue weighted by molar-refractivity contribution is -0.910. The van der Waals surface area contributed by atoms with Crippen LogP contribution in [0.3, 0.4) is 0 Å². The zero-order chi connectivity index (χ0) is 17.9. The number of carbonyl (C=O) groups excluding carboxylic acids is 1. The van der Waals surface area contributed by atoms with Crippen molar-refractivity contribution in [2.24, 2.45) is 5.92 Å². The molecule has 26 heavy (non-hydrogen) atoms. The number of quaternary nitrogens is 1. The van der Waals surface area contributed by atoms with Crippen molar-refractivity contribution in [3.05, 3.63) is 23.8 Å². The Bertz CT molecular complexity index is 648. The molecule has 5 nitrogen and oxygen atoms in total. The smallest absolute Gasteiger partial charge is 0.275 e. The molecule has 1 aliphatic carbocycles. The first-order chi connectivity index (χ1) is 12.7. The molecule has 1 aromatic rings. The highest BCUT2D eigenvalue weighted by Gasteiger charge is 2.33. The topological polar surface area (TPSA) is 52.0 Å². The van der Waals surface area contributed by atoms with Crippen LogP contribution in [-0.4, -0.2) is 38.3 Å². The Kier molecular flexibility index (Phi) is 5.34. The molecule has 1 saturated heterocycles. The minimum absolute atomic E-state index is 0.211. The summed E-state index contributed by atoms with van der Waals surface area (Å²) in [5.41, 5.74) is 1.26. The molecule has 4 atom stereocenters. The number of hydrogen-bond donors (Lipinski definition) is 2. The Morgan fingerprint density at radius 1 is 1.12 bits per heavy atom. The van der Waals surface area contributed by atoms with Crippen LogP contribution in [0.2, 0.25) is 0 Å². The lowest BCUT2D eigenvalue weighted by atomic mass is 9.86. The molecular formula is C21H31N2O3+. The van der Waals surface area contributed by atoms with Crippen LogP contribution in [0.1, 0.15) is 57.1 Å². The first-order valence-electron chi connectivity index (χ1n) is 10.2. The highest BCUT2D eigenvalue weighted by atomic mass is 16.6. The molecule has 142 valence electrons. The van der Waals surface area contributed by atoms with Crippen molar-refractivity contribution in [3.63, 3.8) is 0 Å². The fourth-order valence-electron chi connectivity index (χ4n) is 4.80. The van der Waals surface area contributed by atoms with Crippen LogP contribution >= 0.6 is 0 Å². The molecule has 1 saturated carbocycles. The van der Waals surface area contributed by atoms with E-state index in [1.54, 1.807) is 0 Å². The third-order valence-corrected chi connectivity index (χ3v) is 6.30. The molecule has 1 unspecified atom stereocenters. The average Bonchev–Trinajstić information content (AvgIpc) is 3.11. The summed E-state index contributed by atoms with van der Waals surface area (Å²) in [7, 11) is 0. The normalized spacial score (nSPS) is 30.8. The summed E-state index contributed by atoms with van der Waals surface area (Å²) in [5, 5.41) is 3.31. The minimum atomic E-state index is 0.211. The van der Waals surface area contributed by atoms with Gasteiger partial charge in [0.1, 0.15) is 19.3 Å². The van der Waals surface area contributed by atoms with Crippen LogP contribution in [0.5, 0.6) is 11.5 Å². The summed E-state index contributed by atoms with van der Waals surface area (Å²) in [6, 6.07) is 7.02. The number of likely N-dealkylation sites (tertiary alicyclic amines) is 1. The molecule has 2 aliphatic heterocycles. The summed E-state index contributed by atoms with van der Waals surface area (Å²) in [4.78, 5) is 14.0. The second kappa shape index (κ2) is 7.87. The van der Waals surface area contributed by atoms with Gasteiger partial charge in [-0.05, 0) is 37.0 Å². The van der Waals surface area contributed by atoms with Gasteiger partial charge in [0.15, 0.2) is 18.0 Å². The van der Waals surface area contributed by atoms with Crippen molar-refractivity contribution in [1.82, 2.24) is 5.32 Å². The van der Waals surface area contributed by atoms with Gasteiger partial charge in [-0.25, -0.2) is 0 Å². The molecule has 0 aromatic heterocycles. The standard InChI is InChI=1S/C21H30N2O3/c1-15-5-2-3-6-17(15)22-21(24)14-23-10-4-7-18(23)16-8-9-19-20(13-16)26-12-11-25-19/h8-9,13,15,17-18H,2-7,10-12,14H2,1H3,(H,22,24)/p+1/t15-,17+,18-/m1/s1. The Morgan fingerprint density at radius 3 is 2.77 bits per heavy atom. The lowest BCUT2D eigenvalue weighted by Gasteiger charge is -2.30. The quantitative estimate of drug-likeness (QED) is 0.863. The third-order valence-electron chi connectivity index (χ3n) is 6.30. The van der Waals surface area contributed by atoms with Gasteiger partial charge in [0.05, 0.1) is 6.54 Å². The van der Waals surface area contributed by atoms with Gasteiger partial charge in [0.2, 0.25) is 0 Å². The maximum absolute atomic E-state index is 12.6. The van der Waals surface area contributed by atoms with E-state index in [1.165, 1.54) is 36.1 Å². The molecule has 0 bridgehead atoms. The van der Waals surface area contributed by atoms with E-state index in [2.05, 4.69) is 24.4 Å². The average molecular weight is 359 g/mol. The number of fused-ring (bicyclic) bond motifs is 1. The SMILES string of the molecule is C[C@@H]1CCCC[C@@H]1NC(=O)C[NH+]1CCC[C@@H]1c1ccc2c(c1)OCCO2. The number of rotatable bonds is 4. The zero-order valence-corrected chi connectivity index (χ0v) is 15.8. The van der Waals surface area contributed by atoms with Gasteiger partial charge in [0, 0.05) is 24.4 Å². The van der Waals surface area contributed by atoms with Gasteiger partial charge in [-0.3, -0.25) is 4.79 Å². The number of hydrogen-bond acceptors (Lipinski definition) is 3. The summed E-state index contributed by atoms with van der Waals surface area (Å²) in [6.07, 6.45) is 7.21. The minimum Gasteiger partial charge on any atom is -0.486 e. The maximum Gasteiger partial charge on any atom is 0.275 e. The predicted octanol–water partition coefficient (Wildman–Crippen LogP) is 1.87. The van der Waals surface area contributed by atoms with E-state index in [0.717, 1.165) is 30.9 Å². The number of benzene rings is 1. The Morgan fingerprint density at radius 2 is 1.92 bits per heavy atom. The molecule has 3 aliphatic rings.